The van der Waals surface area contributed by atoms with Crippen LogP contribution in [0.15, 0.2) is 12.1 Å². The quantitative estimate of drug-likeness (QED) is 0.897. The number of piperidine rings is 1. The van der Waals surface area contributed by atoms with E-state index in [0.717, 1.165) is 32.0 Å². The lowest BCUT2D eigenvalue weighted by Crippen LogP contribution is -2.42. The number of nitrogens with zero attached hydrogens (tertiary/aromatic N) is 3. The highest BCUT2D eigenvalue weighted by Gasteiger charge is 2.33. The third-order valence-corrected chi connectivity index (χ3v) is 3.47. The van der Waals surface area contributed by atoms with E-state index in [1.165, 1.54) is 6.07 Å². The maximum absolute atomic E-state index is 12.4. The SMILES string of the molecule is CC(N)C1CCCN(c2ccc(C(F)(F)F)nn2)C1. The predicted molar refractivity (Wildman–Crippen MR) is 65.6 cm³/mol. The van der Waals surface area contributed by atoms with Crippen LogP contribution in [0.25, 0.3) is 0 Å². The van der Waals surface area contributed by atoms with E-state index in [1.54, 1.807) is 0 Å². The summed E-state index contributed by atoms with van der Waals surface area (Å²) in [6.45, 7) is 3.45. The smallest absolute Gasteiger partial charge is 0.355 e. The Kier molecular flexibility index (Phi) is 3.93. The van der Waals surface area contributed by atoms with Gasteiger partial charge in [0.25, 0.3) is 0 Å². The van der Waals surface area contributed by atoms with Gasteiger partial charge in [0, 0.05) is 19.1 Å². The van der Waals surface area contributed by atoms with Crippen LogP contribution in [0.2, 0.25) is 0 Å². The number of anilines is 1. The molecule has 1 aliphatic rings. The van der Waals surface area contributed by atoms with Crippen molar-refractivity contribution in [3.05, 3.63) is 17.8 Å². The lowest BCUT2D eigenvalue weighted by molar-refractivity contribution is -0.141. The summed E-state index contributed by atoms with van der Waals surface area (Å²) < 4.78 is 37.2. The van der Waals surface area contributed by atoms with Crippen molar-refractivity contribution in [1.29, 1.82) is 0 Å². The normalized spacial score (nSPS) is 22.4. The third-order valence-electron chi connectivity index (χ3n) is 3.47. The Morgan fingerprint density at radius 3 is 2.63 bits per heavy atom. The van der Waals surface area contributed by atoms with Crippen LogP contribution in [0.3, 0.4) is 0 Å². The van der Waals surface area contributed by atoms with Crippen LogP contribution in [0.5, 0.6) is 0 Å². The van der Waals surface area contributed by atoms with Gasteiger partial charge in [-0.05, 0) is 37.8 Å². The molecule has 1 aromatic rings. The lowest BCUT2D eigenvalue weighted by Gasteiger charge is -2.35. The third kappa shape index (κ3) is 3.34. The first kappa shape index (κ1) is 14.0. The molecule has 19 heavy (non-hydrogen) atoms. The van der Waals surface area contributed by atoms with Crippen molar-refractivity contribution in [1.82, 2.24) is 10.2 Å². The maximum Gasteiger partial charge on any atom is 0.435 e. The zero-order chi connectivity index (χ0) is 14.0. The topological polar surface area (TPSA) is 55.0 Å². The van der Waals surface area contributed by atoms with Gasteiger partial charge in [-0.3, -0.25) is 0 Å². The molecule has 0 bridgehead atoms. The minimum absolute atomic E-state index is 0.0743. The van der Waals surface area contributed by atoms with Crippen LogP contribution in [0.1, 0.15) is 25.5 Å². The number of nitrogens with two attached hydrogens (primary N) is 1. The van der Waals surface area contributed by atoms with E-state index in [2.05, 4.69) is 10.2 Å². The first-order valence-corrected chi connectivity index (χ1v) is 6.29. The molecule has 2 N–H and O–H groups in total. The summed E-state index contributed by atoms with van der Waals surface area (Å²) in [7, 11) is 0. The van der Waals surface area contributed by atoms with Gasteiger partial charge in [0.2, 0.25) is 0 Å². The number of hydrogen-bond donors (Lipinski definition) is 1. The van der Waals surface area contributed by atoms with E-state index in [0.29, 0.717) is 11.7 Å². The highest BCUT2D eigenvalue weighted by atomic mass is 19.4. The molecule has 2 rings (SSSR count). The van der Waals surface area contributed by atoms with E-state index < -0.39 is 11.9 Å². The summed E-state index contributed by atoms with van der Waals surface area (Å²) in [5.74, 6) is 0.830. The fourth-order valence-corrected chi connectivity index (χ4v) is 2.29. The second-order valence-electron chi connectivity index (χ2n) is 4.98. The molecule has 4 nitrogen and oxygen atoms in total. The summed E-state index contributed by atoms with van der Waals surface area (Å²) in [5, 5.41) is 6.92. The van der Waals surface area contributed by atoms with Gasteiger partial charge >= 0.3 is 6.18 Å². The first-order chi connectivity index (χ1) is 8.88. The molecule has 106 valence electrons. The largest absolute Gasteiger partial charge is 0.435 e. The molecular formula is C12H17F3N4. The van der Waals surface area contributed by atoms with E-state index in [-0.39, 0.29) is 6.04 Å². The van der Waals surface area contributed by atoms with Crippen molar-refractivity contribution in [3.63, 3.8) is 0 Å². The molecule has 0 spiro atoms. The second-order valence-corrected chi connectivity index (χ2v) is 4.98. The Hall–Kier alpha value is -1.37. The molecule has 0 aromatic carbocycles. The van der Waals surface area contributed by atoms with Gasteiger partial charge in [0.1, 0.15) is 0 Å². The van der Waals surface area contributed by atoms with Gasteiger partial charge in [0.05, 0.1) is 0 Å². The number of halogens is 3. The Balaban J connectivity index is 2.10. The molecule has 2 heterocycles. The summed E-state index contributed by atoms with van der Waals surface area (Å²) in [6, 6.07) is 2.42. The van der Waals surface area contributed by atoms with Crippen LogP contribution >= 0.6 is 0 Å². The van der Waals surface area contributed by atoms with Crippen molar-refractivity contribution in [3.8, 4) is 0 Å². The van der Waals surface area contributed by atoms with Gasteiger partial charge in [-0.15, -0.1) is 10.2 Å². The number of hydrogen-bond acceptors (Lipinski definition) is 4. The number of alkyl halides is 3. The standard InChI is InChI=1S/C12H17F3N4/c1-8(16)9-3-2-6-19(7-9)11-5-4-10(17-18-11)12(13,14)15/h4-5,8-9H,2-3,6-7,16H2,1H3. The molecule has 1 aromatic heterocycles. The van der Waals surface area contributed by atoms with E-state index in [4.69, 9.17) is 5.73 Å². The Labute approximate surface area is 109 Å². The van der Waals surface area contributed by atoms with Crippen molar-refractivity contribution in [2.75, 3.05) is 18.0 Å². The molecule has 2 unspecified atom stereocenters. The Morgan fingerprint density at radius 1 is 1.37 bits per heavy atom. The average molecular weight is 274 g/mol. The minimum atomic E-state index is -4.44. The summed E-state index contributed by atoms with van der Waals surface area (Å²) in [5.41, 5.74) is 4.92. The van der Waals surface area contributed by atoms with Crippen molar-refractivity contribution < 1.29 is 13.2 Å². The van der Waals surface area contributed by atoms with E-state index >= 15 is 0 Å². The molecule has 0 radical (unpaired) electrons. The van der Waals surface area contributed by atoms with Crippen molar-refractivity contribution in [2.24, 2.45) is 11.7 Å². The molecule has 0 amide bonds. The summed E-state index contributed by atoms with van der Waals surface area (Å²) in [6.07, 6.45) is -2.43. The average Bonchev–Trinajstić information content (AvgIpc) is 2.38. The summed E-state index contributed by atoms with van der Waals surface area (Å²) >= 11 is 0. The van der Waals surface area contributed by atoms with Gasteiger partial charge in [-0.2, -0.15) is 13.2 Å². The first-order valence-electron chi connectivity index (χ1n) is 6.29. The van der Waals surface area contributed by atoms with Crippen LogP contribution in [-0.4, -0.2) is 29.3 Å². The minimum Gasteiger partial charge on any atom is -0.355 e. The number of rotatable bonds is 2. The maximum atomic E-state index is 12.4. The second kappa shape index (κ2) is 5.32. The zero-order valence-corrected chi connectivity index (χ0v) is 10.7. The lowest BCUT2D eigenvalue weighted by atomic mass is 9.92. The van der Waals surface area contributed by atoms with Crippen molar-refractivity contribution >= 4 is 5.82 Å². The fraction of sp³-hybridized carbons (Fsp3) is 0.667. The van der Waals surface area contributed by atoms with Gasteiger partial charge in [-0.25, -0.2) is 0 Å². The Bertz CT molecular complexity index is 416. The highest BCUT2D eigenvalue weighted by molar-refractivity contribution is 5.38. The molecule has 1 fully saturated rings. The van der Waals surface area contributed by atoms with Gasteiger partial charge in [-0.1, -0.05) is 0 Å². The molecular weight excluding hydrogens is 257 g/mol. The van der Waals surface area contributed by atoms with Crippen LogP contribution in [0.4, 0.5) is 19.0 Å². The monoisotopic (exact) mass is 274 g/mol. The molecule has 1 aliphatic heterocycles. The zero-order valence-electron chi connectivity index (χ0n) is 10.7. The molecule has 7 heteroatoms. The van der Waals surface area contributed by atoms with Gasteiger partial charge < -0.3 is 10.6 Å². The van der Waals surface area contributed by atoms with Crippen LogP contribution < -0.4 is 10.6 Å². The van der Waals surface area contributed by atoms with E-state index in [1.807, 2.05) is 11.8 Å². The van der Waals surface area contributed by atoms with Crippen LogP contribution in [0, 0.1) is 5.92 Å². The molecule has 1 saturated heterocycles. The predicted octanol–water partition coefficient (Wildman–Crippen LogP) is 2.06. The molecule has 0 aliphatic carbocycles. The highest BCUT2D eigenvalue weighted by Crippen LogP contribution is 2.28. The van der Waals surface area contributed by atoms with Gasteiger partial charge in [0.15, 0.2) is 11.5 Å². The Morgan fingerprint density at radius 2 is 2.11 bits per heavy atom. The fourth-order valence-electron chi connectivity index (χ4n) is 2.29. The van der Waals surface area contributed by atoms with Crippen molar-refractivity contribution in [2.45, 2.75) is 32.0 Å². The van der Waals surface area contributed by atoms with E-state index in [9.17, 15) is 13.2 Å². The summed E-state index contributed by atoms with van der Waals surface area (Å²) in [4.78, 5) is 1.95. The van der Waals surface area contributed by atoms with Crippen LogP contribution in [-0.2, 0) is 6.18 Å². The number of aromatic nitrogens is 2. The molecule has 0 saturated carbocycles. The molecule has 2 atom stereocenters.